The summed E-state index contributed by atoms with van der Waals surface area (Å²) in [6.07, 6.45) is 2.72. The Morgan fingerprint density at radius 2 is 2.00 bits per heavy atom. The van der Waals surface area contributed by atoms with Crippen molar-refractivity contribution in [2.45, 2.75) is 5.09 Å². The summed E-state index contributed by atoms with van der Waals surface area (Å²) in [5.74, 6) is -0.464. The van der Waals surface area contributed by atoms with E-state index in [2.05, 4.69) is 9.71 Å². The van der Waals surface area contributed by atoms with Crippen molar-refractivity contribution in [2.75, 3.05) is 4.72 Å². The number of hydrogen-bond acceptors (Lipinski definition) is 4. The maximum absolute atomic E-state index is 13.6. The molecule has 0 aliphatic carbocycles. The maximum Gasteiger partial charge on any atom is 0.295 e. The van der Waals surface area contributed by atoms with E-state index in [4.69, 9.17) is 4.42 Å². The van der Waals surface area contributed by atoms with E-state index in [0.29, 0.717) is 0 Å². The van der Waals surface area contributed by atoms with Gasteiger partial charge in [0.25, 0.3) is 10.0 Å². The molecule has 1 aromatic carbocycles. The van der Waals surface area contributed by atoms with Gasteiger partial charge in [0.15, 0.2) is 0 Å². The summed E-state index contributed by atoms with van der Waals surface area (Å²) in [4.78, 5) is 4.01. The second kappa shape index (κ2) is 4.61. The van der Waals surface area contributed by atoms with Gasteiger partial charge in [0, 0.05) is 11.6 Å². The van der Waals surface area contributed by atoms with E-state index in [-0.39, 0.29) is 21.7 Å². The van der Waals surface area contributed by atoms with Crippen LogP contribution >= 0.6 is 0 Å². The van der Waals surface area contributed by atoms with Crippen molar-refractivity contribution < 1.29 is 17.2 Å². The van der Waals surface area contributed by atoms with E-state index < -0.39 is 15.8 Å². The van der Waals surface area contributed by atoms with E-state index in [1.807, 2.05) is 0 Å². The highest BCUT2D eigenvalue weighted by Crippen LogP contribution is 2.26. The molecule has 3 rings (SSSR count). The molecule has 0 radical (unpaired) electrons. The number of fused-ring (bicyclic) bond motifs is 1. The van der Waals surface area contributed by atoms with E-state index in [1.54, 1.807) is 6.07 Å². The fourth-order valence-electron chi connectivity index (χ4n) is 1.83. The van der Waals surface area contributed by atoms with E-state index in [1.165, 1.54) is 42.8 Å². The summed E-state index contributed by atoms with van der Waals surface area (Å²) in [5, 5.41) is 0.0260. The fraction of sp³-hybridized carbons (Fsp3) is 0. The minimum atomic E-state index is -3.85. The van der Waals surface area contributed by atoms with Crippen LogP contribution in [0.3, 0.4) is 0 Å². The summed E-state index contributed by atoms with van der Waals surface area (Å²) >= 11 is 0. The Balaban J connectivity index is 2.11. The Morgan fingerprint density at radius 3 is 2.75 bits per heavy atom. The van der Waals surface area contributed by atoms with E-state index in [9.17, 15) is 12.8 Å². The maximum atomic E-state index is 13.6. The van der Waals surface area contributed by atoms with Gasteiger partial charge in [-0.15, -0.1) is 0 Å². The first-order chi connectivity index (χ1) is 9.58. The topological polar surface area (TPSA) is 72.2 Å². The van der Waals surface area contributed by atoms with Crippen LogP contribution in [0.25, 0.3) is 10.9 Å². The molecule has 0 atom stereocenters. The number of furan rings is 1. The lowest BCUT2D eigenvalue weighted by Gasteiger charge is -2.08. The molecule has 20 heavy (non-hydrogen) atoms. The molecule has 102 valence electrons. The average Bonchev–Trinajstić information content (AvgIpc) is 2.97. The summed E-state index contributed by atoms with van der Waals surface area (Å²) in [5.41, 5.74) is 0.432. The standard InChI is InChI=1S/C13H9FN2O3S/c14-10-5-6-11(13-9(10)3-1-7-15-13)16-20(17,18)12-4-2-8-19-12/h1-8,16H. The third kappa shape index (κ3) is 2.12. The number of sulfonamides is 1. The number of halogens is 1. The van der Waals surface area contributed by atoms with Crippen molar-refractivity contribution in [3.63, 3.8) is 0 Å². The van der Waals surface area contributed by atoms with Gasteiger partial charge >= 0.3 is 0 Å². The van der Waals surface area contributed by atoms with E-state index >= 15 is 0 Å². The number of benzene rings is 1. The number of rotatable bonds is 3. The molecule has 0 aliphatic rings. The smallest absolute Gasteiger partial charge is 0.295 e. The van der Waals surface area contributed by atoms with Gasteiger partial charge in [-0.05, 0) is 36.4 Å². The van der Waals surface area contributed by atoms with Crippen molar-refractivity contribution >= 4 is 26.6 Å². The van der Waals surface area contributed by atoms with Gasteiger partial charge in [-0.2, -0.15) is 8.42 Å². The number of nitrogens with one attached hydrogen (secondary N) is 1. The van der Waals surface area contributed by atoms with Crippen LogP contribution in [-0.4, -0.2) is 13.4 Å². The van der Waals surface area contributed by atoms with Gasteiger partial charge in [0.2, 0.25) is 5.09 Å². The SMILES string of the molecule is O=S(=O)(Nc1ccc(F)c2cccnc12)c1ccco1. The van der Waals surface area contributed by atoms with Crippen LogP contribution in [0.5, 0.6) is 0 Å². The normalized spacial score (nSPS) is 11.7. The Labute approximate surface area is 114 Å². The molecule has 3 aromatic rings. The third-order valence-corrected chi connectivity index (χ3v) is 3.97. The molecule has 7 heteroatoms. The summed E-state index contributed by atoms with van der Waals surface area (Å²) in [6, 6.07) is 8.41. The van der Waals surface area contributed by atoms with Crippen molar-refractivity contribution in [1.82, 2.24) is 4.98 Å². The first kappa shape index (κ1) is 12.6. The van der Waals surface area contributed by atoms with Crippen LogP contribution in [-0.2, 0) is 10.0 Å². The molecule has 0 spiro atoms. The molecule has 0 amide bonds. The van der Waals surface area contributed by atoms with Crippen LogP contribution in [0.1, 0.15) is 0 Å². The molecule has 0 saturated heterocycles. The van der Waals surface area contributed by atoms with Gasteiger partial charge in [-0.25, -0.2) is 4.39 Å². The summed E-state index contributed by atoms with van der Waals surface area (Å²) in [6.45, 7) is 0. The zero-order chi connectivity index (χ0) is 14.2. The highest BCUT2D eigenvalue weighted by atomic mass is 32.2. The number of nitrogens with zero attached hydrogens (tertiary/aromatic N) is 1. The second-order valence-corrected chi connectivity index (χ2v) is 5.65. The first-order valence-corrected chi connectivity index (χ1v) is 7.16. The molecule has 0 unspecified atom stereocenters. The van der Waals surface area contributed by atoms with Gasteiger partial charge in [-0.1, -0.05) is 0 Å². The Hall–Kier alpha value is -2.41. The Bertz CT molecular complexity index is 860. The average molecular weight is 292 g/mol. The molecule has 0 aliphatic heterocycles. The molecular formula is C13H9FN2O3S. The molecule has 0 saturated carbocycles. The number of aromatic nitrogens is 1. The molecule has 2 heterocycles. The van der Waals surface area contributed by atoms with Crippen molar-refractivity contribution in [3.05, 3.63) is 54.7 Å². The van der Waals surface area contributed by atoms with Gasteiger partial charge < -0.3 is 4.42 Å². The quantitative estimate of drug-likeness (QED) is 0.805. The molecule has 0 fully saturated rings. The molecule has 2 aromatic heterocycles. The van der Waals surface area contributed by atoms with E-state index in [0.717, 1.165) is 0 Å². The molecule has 5 nitrogen and oxygen atoms in total. The lowest BCUT2D eigenvalue weighted by Crippen LogP contribution is -2.12. The lowest BCUT2D eigenvalue weighted by molar-refractivity contribution is 0.452. The van der Waals surface area contributed by atoms with Crippen LogP contribution in [0.15, 0.2) is 58.4 Å². The zero-order valence-electron chi connectivity index (χ0n) is 10.1. The van der Waals surface area contributed by atoms with Crippen molar-refractivity contribution in [1.29, 1.82) is 0 Å². The summed E-state index contributed by atoms with van der Waals surface area (Å²) in [7, 11) is -3.85. The number of pyridine rings is 1. The highest BCUT2D eigenvalue weighted by molar-refractivity contribution is 7.92. The van der Waals surface area contributed by atoms with Crippen LogP contribution in [0, 0.1) is 5.82 Å². The predicted molar refractivity (Wildman–Crippen MR) is 71.2 cm³/mol. The van der Waals surface area contributed by atoms with Crippen molar-refractivity contribution in [3.8, 4) is 0 Å². The monoisotopic (exact) mass is 292 g/mol. The highest BCUT2D eigenvalue weighted by Gasteiger charge is 2.19. The lowest BCUT2D eigenvalue weighted by atomic mass is 10.2. The van der Waals surface area contributed by atoms with Crippen LogP contribution in [0.4, 0.5) is 10.1 Å². The van der Waals surface area contributed by atoms with Gasteiger partial charge in [0.05, 0.1) is 17.5 Å². The van der Waals surface area contributed by atoms with Gasteiger partial charge in [-0.3, -0.25) is 9.71 Å². The Morgan fingerprint density at radius 1 is 1.15 bits per heavy atom. The largest absolute Gasteiger partial charge is 0.451 e. The predicted octanol–water partition coefficient (Wildman–Crippen LogP) is 2.77. The number of anilines is 1. The first-order valence-electron chi connectivity index (χ1n) is 5.67. The molecule has 1 N–H and O–H groups in total. The number of hydrogen-bond donors (Lipinski definition) is 1. The fourth-order valence-corrected chi connectivity index (χ4v) is 2.83. The third-order valence-electron chi connectivity index (χ3n) is 2.72. The minimum absolute atomic E-state index is 0.193. The zero-order valence-corrected chi connectivity index (χ0v) is 10.9. The van der Waals surface area contributed by atoms with Crippen molar-refractivity contribution in [2.24, 2.45) is 0 Å². The summed E-state index contributed by atoms with van der Waals surface area (Å²) < 4.78 is 45.0. The minimum Gasteiger partial charge on any atom is -0.451 e. The second-order valence-electron chi connectivity index (χ2n) is 4.03. The van der Waals surface area contributed by atoms with Crippen LogP contribution in [0.2, 0.25) is 0 Å². The van der Waals surface area contributed by atoms with Crippen LogP contribution < -0.4 is 4.72 Å². The Kier molecular flexibility index (Phi) is 2.90. The molecule has 0 bridgehead atoms. The van der Waals surface area contributed by atoms with Gasteiger partial charge in [0.1, 0.15) is 5.82 Å². The molecular weight excluding hydrogens is 283 g/mol.